The summed E-state index contributed by atoms with van der Waals surface area (Å²) in [6.07, 6.45) is 21.8. The molecule has 5 aliphatic carbocycles. The molecule has 10 atom stereocenters. The summed E-state index contributed by atoms with van der Waals surface area (Å²) in [6, 6.07) is 17.7. The molecule has 5 fully saturated rings. The average Bonchev–Trinajstić information content (AvgIpc) is 1.60. The molecule has 0 heteroatoms. The van der Waals surface area contributed by atoms with Crippen molar-refractivity contribution in [3.63, 3.8) is 0 Å². The summed E-state index contributed by atoms with van der Waals surface area (Å²) < 4.78 is 0. The zero-order chi connectivity index (χ0) is 87.3. The van der Waals surface area contributed by atoms with Gasteiger partial charge >= 0.3 is 0 Å². The van der Waals surface area contributed by atoms with Crippen LogP contribution in [0.15, 0.2) is 48.5 Å². The van der Waals surface area contributed by atoms with E-state index in [1.54, 1.807) is 0 Å². The van der Waals surface area contributed by atoms with Crippen LogP contribution in [-0.4, -0.2) is 0 Å². The molecular formula is C108H220. The van der Waals surface area contributed by atoms with Crippen LogP contribution in [-0.2, 0) is 21.7 Å². The summed E-state index contributed by atoms with van der Waals surface area (Å²) in [6.45, 7) is 127. The average molecular weight is 1520 g/mol. The topological polar surface area (TPSA) is 0 Å². The number of benzene rings is 2. The minimum atomic E-state index is 0. The van der Waals surface area contributed by atoms with Crippen LogP contribution in [0.2, 0.25) is 0 Å². The predicted octanol–water partition coefficient (Wildman–Crippen LogP) is 38.9. The second kappa shape index (κ2) is 52.9. The van der Waals surface area contributed by atoms with Crippen molar-refractivity contribution >= 4 is 0 Å². The van der Waals surface area contributed by atoms with Crippen LogP contribution in [0.4, 0.5) is 0 Å². The van der Waals surface area contributed by atoms with Gasteiger partial charge < -0.3 is 0 Å². The largest absolute Gasteiger partial charge is 0.0776 e. The van der Waals surface area contributed by atoms with Gasteiger partial charge in [-0.1, -0.05) is 469 Å². The second-order valence-electron chi connectivity index (χ2n) is 46.6. The van der Waals surface area contributed by atoms with Crippen LogP contribution in [0.5, 0.6) is 0 Å². The summed E-state index contributed by atoms with van der Waals surface area (Å²) in [5.74, 6) is 9.48. The molecule has 2 aromatic carbocycles. The first kappa shape index (κ1) is 122. The van der Waals surface area contributed by atoms with Gasteiger partial charge in [0.2, 0.25) is 0 Å². The summed E-state index contributed by atoms with van der Waals surface area (Å²) >= 11 is 0. The Kier molecular flexibility index (Phi) is 59.8. The molecule has 5 saturated carbocycles. The molecule has 2 aromatic rings. The molecule has 0 heterocycles. The highest BCUT2D eigenvalue weighted by Crippen LogP contribution is 2.59. The molecule has 0 spiro atoms. The molecule has 0 N–H and O–H groups in total. The molecule has 0 bridgehead atoms. The van der Waals surface area contributed by atoms with Crippen molar-refractivity contribution in [3.05, 3.63) is 70.8 Å². The van der Waals surface area contributed by atoms with Gasteiger partial charge in [0.25, 0.3) is 0 Å². The molecule has 0 saturated heterocycles. The van der Waals surface area contributed by atoms with Gasteiger partial charge in [-0.05, 0) is 228 Å². The third-order valence-electron chi connectivity index (χ3n) is 23.9. The van der Waals surface area contributed by atoms with Gasteiger partial charge in [0, 0.05) is 0 Å². The summed E-state index contributed by atoms with van der Waals surface area (Å²) in [5, 5.41) is 0. The summed E-state index contributed by atoms with van der Waals surface area (Å²) in [4.78, 5) is 0. The van der Waals surface area contributed by atoms with E-state index < -0.39 is 0 Å². The lowest BCUT2D eigenvalue weighted by molar-refractivity contribution is 0.0335. The van der Waals surface area contributed by atoms with Gasteiger partial charge in [-0.3, -0.25) is 0 Å². The van der Waals surface area contributed by atoms with Crippen molar-refractivity contribution in [2.75, 3.05) is 0 Å². The van der Waals surface area contributed by atoms with E-state index in [2.05, 4.69) is 339 Å². The van der Waals surface area contributed by atoms with E-state index in [-0.39, 0.29) is 29.1 Å². The van der Waals surface area contributed by atoms with E-state index in [4.69, 9.17) is 0 Å². The molecule has 652 valence electrons. The van der Waals surface area contributed by atoms with E-state index >= 15 is 0 Å². The van der Waals surface area contributed by atoms with Gasteiger partial charge in [0.15, 0.2) is 0 Å². The highest BCUT2D eigenvalue weighted by atomic mass is 14.6. The van der Waals surface area contributed by atoms with Gasteiger partial charge in [0.05, 0.1) is 0 Å². The van der Waals surface area contributed by atoms with Gasteiger partial charge in [-0.15, -0.1) is 0 Å². The maximum Gasteiger partial charge on any atom is -0.0129 e. The molecule has 5 aliphatic rings. The second-order valence-corrected chi connectivity index (χ2v) is 46.6. The molecule has 0 nitrogen and oxygen atoms in total. The van der Waals surface area contributed by atoms with Crippen molar-refractivity contribution in [1.82, 2.24) is 0 Å². The number of rotatable bonds is 0. The molecule has 0 aromatic heterocycles. The molecule has 10 unspecified atom stereocenters. The first-order valence-electron chi connectivity index (χ1n) is 46.3. The first-order chi connectivity index (χ1) is 48.0. The standard InChI is InChI=1S/C14H28.C14H22.C14H28.C14H22.2C13H26.C11H22.7C2H6.CH4/c2*1-13(2,3)11-8-7-9-12(10-11)14(4,5)6;2*1-13(2,3)11-9-7-8-10-12(11)14(4,5)6;1-12(2,3)10-7-8-11(9-10)13(4,5)6;1-12(2,3)10-8-7-9-11(10)13(4,5)6;1-10(2,3)8-7-9(8)11(4,5)6;7*1-2;/h11-12H,7-10H2,1-6H3;7-10H,1-6H3;11-12H,7-10H2,1-6H3;7-10H,1-6H3;2*10-11H,7-9H2,1-6H3;8-9H,7H2,1-6H3;7*1-2H3;1H4. The fourth-order valence-electron chi connectivity index (χ4n) is 16.9. The predicted molar refractivity (Wildman–Crippen MR) is 513 cm³/mol. The summed E-state index contributed by atoms with van der Waals surface area (Å²) in [7, 11) is 0. The van der Waals surface area contributed by atoms with Crippen LogP contribution in [0.3, 0.4) is 0 Å². The fraction of sp³-hybridized carbons (Fsp3) is 0.889. The van der Waals surface area contributed by atoms with Crippen molar-refractivity contribution in [2.24, 2.45) is 113 Å². The van der Waals surface area contributed by atoms with E-state index in [1.807, 2.05) is 96.9 Å². The van der Waals surface area contributed by atoms with Crippen molar-refractivity contribution in [1.29, 1.82) is 0 Å². The Labute approximate surface area is 693 Å². The van der Waals surface area contributed by atoms with Crippen LogP contribution >= 0.6 is 0 Å². The Morgan fingerprint density at radius 1 is 0.194 bits per heavy atom. The van der Waals surface area contributed by atoms with E-state index in [0.717, 1.165) is 59.2 Å². The van der Waals surface area contributed by atoms with Gasteiger partial charge in [-0.2, -0.15) is 0 Å². The Bertz CT molecular complexity index is 2240. The SMILES string of the molecule is C.CC.CC.CC.CC.CC.CC.CC.CC(C)(C)C1CC1C(C)(C)C.CC(C)(C)C1CCC(C(C)(C)C)C1.CC(C)(C)C1CCCC(C(C)(C)C)C1.CC(C)(C)C1CCCC1C(C)(C)C.CC(C)(C)C1CCCCC1C(C)(C)C.CC(C)(C)c1cccc(C(C)(C)C)c1.CC(C)(C)c1ccccc1C(C)(C)C. The number of hydrogen-bond donors (Lipinski definition) is 0. The quantitative estimate of drug-likeness (QED) is 0.247. The van der Waals surface area contributed by atoms with Crippen LogP contribution < -0.4 is 0 Å². The van der Waals surface area contributed by atoms with E-state index in [1.165, 1.54) is 119 Å². The lowest BCUT2D eigenvalue weighted by Crippen LogP contribution is -2.38. The molecule has 108 heavy (non-hydrogen) atoms. The van der Waals surface area contributed by atoms with Gasteiger partial charge in [0.1, 0.15) is 0 Å². The van der Waals surface area contributed by atoms with E-state index in [9.17, 15) is 0 Å². The minimum absolute atomic E-state index is 0. The van der Waals surface area contributed by atoms with Crippen LogP contribution in [0.1, 0.15) is 514 Å². The Hall–Kier alpha value is -1.56. The maximum atomic E-state index is 2.42. The van der Waals surface area contributed by atoms with Crippen molar-refractivity contribution in [2.45, 2.75) is 513 Å². The normalized spacial score (nSPS) is 22.4. The lowest BCUT2D eigenvalue weighted by atomic mass is 9.59. The number of hydrogen-bond acceptors (Lipinski definition) is 0. The molecule has 0 amide bonds. The molecular weight excluding hydrogens is 1300 g/mol. The third-order valence-corrected chi connectivity index (χ3v) is 23.9. The molecule has 0 aliphatic heterocycles. The zero-order valence-corrected chi connectivity index (χ0v) is 86.0. The third kappa shape index (κ3) is 50.0. The highest BCUT2D eigenvalue weighted by molar-refractivity contribution is 5.37. The maximum absolute atomic E-state index is 2.42. The lowest BCUT2D eigenvalue weighted by Gasteiger charge is -2.46. The first-order valence-corrected chi connectivity index (χ1v) is 46.3. The highest BCUT2D eigenvalue weighted by Gasteiger charge is 2.50. The van der Waals surface area contributed by atoms with Crippen LogP contribution in [0.25, 0.3) is 0 Å². The zero-order valence-electron chi connectivity index (χ0n) is 86.0. The molecule has 0 radical (unpaired) electrons. The van der Waals surface area contributed by atoms with E-state index in [0.29, 0.717) is 54.1 Å². The molecule has 7 rings (SSSR count). The van der Waals surface area contributed by atoms with Crippen molar-refractivity contribution < 1.29 is 0 Å². The minimum Gasteiger partial charge on any atom is -0.0776 e. The fourth-order valence-corrected chi connectivity index (χ4v) is 16.9. The smallest absolute Gasteiger partial charge is 0.0129 e. The Balaban J connectivity index is -0.000000175. The Morgan fingerprint density at radius 2 is 0.389 bits per heavy atom. The van der Waals surface area contributed by atoms with Gasteiger partial charge in [-0.25, -0.2) is 0 Å². The monoisotopic (exact) mass is 1520 g/mol. The van der Waals surface area contributed by atoms with Crippen LogP contribution in [0, 0.1) is 113 Å². The Morgan fingerprint density at radius 3 is 0.556 bits per heavy atom. The summed E-state index contributed by atoms with van der Waals surface area (Å²) in [5.41, 5.74) is 11.9. The van der Waals surface area contributed by atoms with Crippen molar-refractivity contribution in [3.8, 4) is 0 Å².